The van der Waals surface area contributed by atoms with Gasteiger partial charge in [-0.2, -0.15) is 4.31 Å². The monoisotopic (exact) mass is 388 g/mol. The Morgan fingerprint density at radius 1 is 0.963 bits per heavy atom. The minimum atomic E-state index is -3.44. The number of rotatable bonds is 6. The molecule has 27 heavy (non-hydrogen) atoms. The molecule has 0 amide bonds. The highest BCUT2D eigenvalue weighted by molar-refractivity contribution is 7.89. The summed E-state index contributed by atoms with van der Waals surface area (Å²) in [5, 5.41) is 0. The van der Waals surface area contributed by atoms with E-state index in [4.69, 9.17) is 4.74 Å². The number of sulfonamides is 1. The first-order valence-corrected chi connectivity index (χ1v) is 10.9. The zero-order valence-electron chi connectivity index (χ0n) is 16.3. The van der Waals surface area contributed by atoms with Crippen LogP contribution in [0.5, 0.6) is 5.75 Å². The maximum absolute atomic E-state index is 13.0. The third-order valence-corrected chi connectivity index (χ3v) is 7.29. The first-order chi connectivity index (χ1) is 13.0. The lowest BCUT2D eigenvalue weighted by molar-refractivity contribution is 0.384. The molecule has 0 spiro atoms. The second-order valence-electron chi connectivity index (χ2n) is 6.97. The molecular formula is C21H28N2O3S. The number of nitrogens with zero attached hydrogens (tertiary/aromatic N) is 2. The minimum absolute atomic E-state index is 0.382. The lowest BCUT2D eigenvalue weighted by Gasteiger charge is -2.35. The third kappa shape index (κ3) is 4.28. The fourth-order valence-corrected chi connectivity index (χ4v) is 4.75. The van der Waals surface area contributed by atoms with Crippen molar-refractivity contribution in [3.8, 4) is 5.75 Å². The van der Waals surface area contributed by atoms with Gasteiger partial charge in [-0.3, -0.25) is 0 Å². The molecule has 1 unspecified atom stereocenters. The highest BCUT2D eigenvalue weighted by Gasteiger charge is 2.28. The molecule has 2 aromatic carbocycles. The molecule has 0 aromatic heterocycles. The van der Waals surface area contributed by atoms with E-state index in [0.717, 1.165) is 17.9 Å². The van der Waals surface area contributed by atoms with Gasteiger partial charge in [-0.25, -0.2) is 8.42 Å². The van der Waals surface area contributed by atoms with Crippen molar-refractivity contribution >= 4 is 15.7 Å². The van der Waals surface area contributed by atoms with Gasteiger partial charge in [0, 0.05) is 31.9 Å². The Labute approximate surface area is 162 Å². The van der Waals surface area contributed by atoms with Crippen molar-refractivity contribution in [2.75, 3.05) is 38.2 Å². The topological polar surface area (TPSA) is 49.9 Å². The molecule has 0 radical (unpaired) electrons. The lowest BCUT2D eigenvalue weighted by Crippen LogP contribution is -2.48. The fraction of sp³-hybridized carbons (Fsp3) is 0.429. The third-order valence-electron chi connectivity index (χ3n) is 5.38. The van der Waals surface area contributed by atoms with Crippen LogP contribution in [0.1, 0.15) is 31.7 Å². The number of ether oxygens (including phenoxy) is 1. The van der Waals surface area contributed by atoms with Crippen LogP contribution in [0.15, 0.2) is 53.4 Å². The molecule has 2 aromatic rings. The van der Waals surface area contributed by atoms with E-state index in [0.29, 0.717) is 37.0 Å². The van der Waals surface area contributed by atoms with E-state index in [1.54, 1.807) is 23.5 Å². The van der Waals surface area contributed by atoms with Crippen LogP contribution in [0.25, 0.3) is 0 Å². The Kier molecular flexibility index (Phi) is 6.07. The molecule has 6 heteroatoms. The van der Waals surface area contributed by atoms with E-state index in [9.17, 15) is 8.42 Å². The van der Waals surface area contributed by atoms with Crippen LogP contribution in [-0.4, -0.2) is 46.0 Å². The lowest BCUT2D eigenvalue weighted by atomic mass is 9.99. The SMILES string of the molecule is CCC(C)c1ccc(S(=O)(=O)N2CCN(c3ccc(OC)cc3)CC2)cc1. The average molecular weight is 389 g/mol. The standard InChI is InChI=1S/C21H28N2O3S/c1-4-17(2)18-5-11-21(12-6-18)27(24,25)23-15-13-22(14-16-23)19-7-9-20(26-3)10-8-19/h5-12,17H,4,13-16H2,1-3H3. The van der Waals surface area contributed by atoms with Crippen molar-refractivity contribution in [2.24, 2.45) is 0 Å². The molecule has 3 rings (SSSR count). The highest BCUT2D eigenvalue weighted by Crippen LogP contribution is 2.25. The van der Waals surface area contributed by atoms with E-state index in [-0.39, 0.29) is 0 Å². The van der Waals surface area contributed by atoms with Crippen molar-refractivity contribution in [1.82, 2.24) is 4.31 Å². The van der Waals surface area contributed by atoms with Gasteiger partial charge in [0.15, 0.2) is 0 Å². The molecule has 1 fully saturated rings. The largest absolute Gasteiger partial charge is 0.497 e. The molecule has 5 nitrogen and oxygen atoms in total. The van der Waals surface area contributed by atoms with Crippen molar-refractivity contribution in [1.29, 1.82) is 0 Å². The van der Waals surface area contributed by atoms with Gasteiger partial charge in [-0.1, -0.05) is 26.0 Å². The first-order valence-electron chi connectivity index (χ1n) is 9.45. The summed E-state index contributed by atoms with van der Waals surface area (Å²) in [5.74, 6) is 1.26. The second-order valence-corrected chi connectivity index (χ2v) is 8.91. The van der Waals surface area contributed by atoms with E-state index in [1.165, 1.54) is 5.56 Å². The smallest absolute Gasteiger partial charge is 0.243 e. The molecule has 146 valence electrons. The summed E-state index contributed by atoms with van der Waals surface area (Å²) in [5.41, 5.74) is 2.27. The minimum Gasteiger partial charge on any atom is -0.497 e. The second kappa shape index (κ2) is 8.31. The molecule has 1 aliphatic rings. The molecule has 0 saturated carbocycles. The van der Waals surface area contributed by atoms with Crippen LogP contribution in [0.3, 0.4) is 0 Å². The Bertz CT molecular complexity index is 840. The Morgan fingerprint density at radius 2 is 1.56 bits per heavy atom. The van der Waals surface area contributed by atoms with Crippen LogP contribution < -0.4 is 9.64 Å². The van der Waals surface area contributed by atoms with E-state index < -0.39 is 10.0 Å². The summed E-state index contributed by atoms with van der Waals surface area (Å²) in [6, 6.07) is 15.2. The quantitative estimate of drug-likeness (QED) is 0.757. The maximum Gasteiger partial charge on any atom is 0.243 e. The Morgan fingerprint density at radius 3 is 2.07 bits per heavy atom. The zero-order valence-corrected chi connectivity index (χ0v) is 17.1. The van der Waals surface area contributed by atoms with E-state index in [2.05, 4.69) is 18.7 Å². The highest BCUT2D eigenvalue weighted by atomic mass is 32.2. The number of piperazine rings is 1. The molecular weight excluding hydrogens is 360 g/mol. The molecule has 0 aliphatic carbocycles. The number of benzene rings is 2. The van der Waals surface area contributed by atoms with Crippen LogP contribution in [0, 0.1) is 0 Å². The van der Waals surface area contributed by atoms with Gasteiger partial charge in [0.1, 0.15) is 5.75 Å². The van der Waals surface area contributed by atoms with Gasteiger partial charge in [0.05, 0.1) is 12.0 Å². The van der Waals surface area contributed by atoms with E-state index >= 15 is 0 Å². The van der Waals surface area contributed by atoms with Gasteiger partial charge in [0.25, 0.3) is 0 Å². The summed E-state index contributed by atoms with van der Waals surface area (Å²) in [6.07, 6.45) is 1.04. The van der Waals surface area contributed by atoms with Crippen LogP contribution in [0.2, 0.25) is 0 Å². The predicted octanol–water partition coefficient (Wildman–Crippen LogP) is 3.72. The van der Waals surface area contributed by atoms with E-state index in [1.807, 2.05) is 36.4 Å². The number of hydrogen-bond donors (Lipinski definition) is 0. The molecule has 1 aliphatic heterocycles. The zero-order chi connectivity index (χ0) is 19.4. The predicted molar refractivity (Wildman–Crippen MR) is 109 cm³/mol. The number of anilines is 1. The van der Waals surface area contributed by atoms with Crippen molar-refractivity contribution in [2.45, 2.75) is 31.1 Å². The van der Waals surface area contributed by atoms with Crippen molar-refractivity contribution in [3.63, 3.8) is 0 Å². The van der Waals surface area contributed by atoms with Crippen molar-refractivity contribution < 1.29 is 13.2 Å². The summed E-state index contributed by atoms with van der Waals surface area (Å²) < 4.78 is 32.7. The molecule has 0 N–H and O–H groups in total. The van der Waals surface area contributed by atoms with Crippen molar-refractivity contribution in [3.05, 3.63) is 54.1 Å². The molecule has 1 saturated heterocycles. The van der Waals surface area contributed by atoms with Crippen LogP contribution in [-0.2, 0) is 10.0 Å². The van der Waals surface area contributed by atoms with Gasteiger partial charge in [-0.15, -0.1) is 0 Å². The molecule has 1 heterocycles. The van der Waals surface area contributed by atoms with Gasteiger partial charge in [-0.05, 0) is 54.3 Å². The normalized spacial score (nSPS) is 16.9. The van der Waals surface area contributed by atoms with Gasteiger partial charge >= 0.3 is 0 Å². The molecule has 0 bridgehead atoms. The Hall–Kier alpha value is -2.05. The number of hydrogen-bond acceptors (Lipinski definition) is 4. The number of methoxy groups -OCH3 is 1. The van der Waals surface area contributed by atoms with Crippen LogP contribution >= 0.6 is 0 Å². The van der Waals surface area contributed by atoms with Gasteiger partial charge < -0.3 is 9.64 Å². The maximum atomic E-state index is 13.0. The van der Waals surface area contributed by atoms with Gasteiger partial charge in [0.2, 0.25) is 10.0 Å². The first kappa shape index (κ1) is 19.7. The average Bonchev–Trinajstić information content (AvgIpc) is 2.73. The Balaban J connectivity index is 1.67. The summed E-state index contributed by atoms with van der Waals surface area (Å²) in [6.45, 7) is 6.62. The summed E-state index contributed by atoms with van der Waals surface area (Å²) in [4.78, 5) is 2.59. The summed E-state index contributed by atoms with van der Waals surface area (Å²) >= 11 is 0. The fourth-order valence-electron chi connectivity index (χ4n) is 3.33. The van der Waals surface area contributed by atoms with Crippen LogP contribution in [0.4, 0.5) is 5.69 Å². The molecule has 1 atom stereocenters. The summed E-state index contributed by atoms with van der Waals surface area (Å²) in [7, 11) is -1.79.